The summed E-state index contributed by atoms with van der Waals surface area (Å²) in [5, 5.41) is 3.02. The number of anilines is 1. The van der Waals surface area contributed by atoms with Crippen LogP contribution in [0.5, 0.6) is 0 Å². The van der Waals surface area contributed by atoms with Gasteiger partial charge in [0.1, 0.15) is 4.90 Å². The second kappa shape index (κ2) is 6.57. The summed E-state index contributed by atoms with van der Waals surface area (Å²) in [5.41, 5.74) is 1.47. The largest absolute Gasteiger partial charge is 0.316 e. The van der Waals surface area contributed by atoms with Crippen LogP contribution in [0.4, 0.5) is 5.69 Å². The number of nitrogens with one attached hydrogen (secondary N) is 2. The first-order valence-electron chi connectivity index (χ1n) is 5.64. The van der Waals surface area contributed by atoms with Crippen molar-refractivity contribution in [1.29, 1.82) is 0 Å². The molecule has 0 saturated heterocycles. The standard InChI is InChI=1S/C12H12Br2N2O2S2/c1-15-7-8-4-2-3-5-9(8)16-20(17,18)10-6-11(13)19-12(10)14/h2-6,15-16H,7H2,1H3. The van der Waals surface area contributed by atoms with Gasteiger partial charge in [-0.3, -0.25) is 4.72 Å². The summed E-state index contributed by atoms with van der Waals surface area (Å²) in [6.07, 6.45) is 0. The van der Waals surface area contributed by atoms with Crippen LogP contribution < -0.4 is 10.0 Å². The Labute approximate surface area is 138 Å². The van der Waals surface area contributed by atoms with E-state index in [1.54, 1.807) is 18.2 Å². The van der Waals surface area contributed by atoms with Gasteiger partial charge in [0, 0.05) is 6.54 Å². The molecule has 0 fully saturated rings. The molecule has 4 nitrogen and oxygen atoms in total. The van der Waals surface area contributed by atoms with Gasteiger partial charge in [-0.1, -0.05) is 18.2 Å². The molecule has 1 aromatic heterocycles. The molecule has 2 aromatic rings. The molecule has 0 aliphatic carbocycles. The van der Waals surface area contributed by atoms with Crippen molar-refractivity contribution in [1.82, 2.24) is 5.32 Å². The molecule has 0 unspecified atom stereocenters. The summed E-state index contributed by atoms with van der Waals surface area (Å²) >= 11 is 7.88. The van der Waals surface area contributed by atoms with Crippen molar-refractivity contribution in [3.63, 3.8) is 0 Å². The zero-order chi connectivity index (χ0) is 14.8. The number of benzene rings is 1. The first-order valence-corrected chi connectivity index (χ1v) is 9.53. The molecule has 2 rings (SSSR count). The molecule has 8 heteroatoms. The third-order valence-corrected chi connectivity index (χ3v) is 6.66. The Balaban J connectivity index is 2.36. The Morgan fingerprint density at radius 3 is 2.55 bits per heavy atom. The molecular weight excluding hydrogens is 428 g/mol. The Hall–Kier alpha value is -0.410. The SMILES string of the molecule is CNCc1ccccc1NS(=O)(=O)c1cc(Br)sc1Br. The monoisotopic (exact) mass is 438 g/mol. The Bertz CT molecular complexity index is 714. The van der Waals surface area contributed by atoms with Crippen LogP contribution in [0.1, 0.15) is 5.56 Å². The van der Waals surface area contributed by atoms with E-state index >= 15 is 0 Å². The summed E-state index contributed by atoms with van der Waals surface area (Å²) in [5.74, 6) is 0. The number of para-hydroxylation sites is 1. The van der Waals surface area contributed by atoms with E-state index in [1.165, 1.54) is 11.3 Å². The lowest BCUT2D eigenvalue weighted by Crippen LogP contribution is -2.15. The van der Waals surface area contributed by atoms with E-state index in [9.17, 15) is 8.42 Å². The molecule has 1 heterocycles. The van der Waals surface area contributed by atoms with Gasteiger partial charge < -0.3 is 5.32 Å². The minimum atomic E-state index is -3.61. The topological polar surface area (TPSA) is 58.2 Å². The maximum Gasteiger partial charge on any atom is 0.263 e. The number of halogens is 2. The molecule has 0 radical (unpaired) electrons. The van der Waals surface area contributed by atoms with Gasteiger partial charge in [0.2, 0.25) is 0 Å². The second-order valence-electron chi connectivity index (χ2n) is 3.98. The molecule has 0 aliphatic rings. The highest BCUT2D eigenvalue weighted by Crippen LogP contribution is 2.35. The highest BCUT2D eigenvalue weighted by atomic mass is 79.9. The van der Waals surface area contributed by atoms with Gasteiger partial charge in [-0.05, 0) is 56.6 Å². The van der Waals surface area contributed by atoms with Gasteiger partial charge in [0.15, 0.2) is 0 Å². The van der Waals surface area contributed by atoms with Crippen molar-refractivity contribution in [2.45, 2.75) is 11.4 Å². The normalized spacial score (nSPS) is 11.6. The molecular formula is C12H12Br2N2O2S2. The Kier molecular flexibility index (Phi) is 5.25. The van der Waals surface area contributed by atoms with Crippen LogP contribution in [-0.4, -0.2) is 15.5 Å². The number of hydrogen-bond acceptors (Lipinski definition) is 4. The minimum absolute atomic E-state index is 0.230. The van der Waals surface area contributed by atoms with Gasteiger partial charge in [-0.2, -0.15) is 0 Å². The predicted molar refractivity (Wildman–Crippen MR) is 89.7 cm³/mol. The molecule has 0 spiro atoms. The highest BCUT2D eigenvalue weighted by molar-refractivity contribution is 9.12. The van der Waals surface area contributed by atoms with E-state index < -0.39 is 10.0 Å². The van der Waals surface area contributed by atoms with E-state index in [-0.39, 0.29) is 4.90 Å². The highest BCUT2D eigenvalue weighted by Gasteiger charge is 2.21. The third kappa shape index (κ3) is 3.62. The van der Waals surface area contributed by atoms with Gasteiger partial charge in [0.25, 0.3) is 10.0 Å². The average molecular weight is 440 g/mol. The molecule has 0 amide bonds. The summed E-state index contributed by atoms with van der Waals surface area (Å²) < 4.78 is 28.8. The number of sulfonamides is 1. The maximum atomic E-state index is 12.4. The average Bonchev–Trinajstić information content (AvgIpc) is 2.72. The smallest absolute Gasteiger partial charge is 0.263 e. The first-order chi connectivity index (χ1) is 9.44. The van der Waals surface area contributed by atoms with Gasteiger partial charge in [0.05, 0.1) is 13.3 Å². The van der Waals surface area contributed by atoms with Gasteiger partial charge in [-0.25, -0.2) is 8.42 Å². The van der Waals surface area contributed by atoms with E-state index in [2.05, 4.69) is 41.9 Å². The third-order valence-electron chi connectivity index (χ3n) is 2.54. The van der Waals surface area contributed by atoms with E-state index in [4.69, 9.17) is 0 Å². The van der Waals surface area contributed by atoms with Crippen molar-refractivity contribution in [3.8, 4) is 0 Å². The van der Waals surface area contributed by atoms with E-state index in [1.807, 2.05) is 19.2 Å². The number of hydrogen-bond donors (Lipinski definition) is 2. The molecule has 0 aliphatic heterocycles. The fourth-order valence-electron chi connectivity index (χ4n) is 1.67. The van der Waals surface area contributed by atoms with E-state index in [0.29, 0.717) is 16.0 Å². The van der Waals surface area contributed by atoms with Crippen molar-refractivity contribution < 1.29 is 8.42 Å². The Morgan fingerprint density at radius 2 is 1.95 bits per heavy atom. The fraction of sp³-hybridized carbons (Fsp3) is 0.167. The van der Waals surface area contributed by atoms with Crippen molar-refractivity contribution >= 4 is 58.9 Å². The molecule has 2 N–H and O–H groups in total. The number of rotatable bonds is 5. The summed E-state index contributed by atoms with van der Waals surface area (Å²) in [4.78, 5) is 0.230. The summed E-state index contributed by atoms with van der Waals surface area (Å²) in [6.45, 7) is 0.590. The molecule has 0 saturated carbocycles. The van der Waals surface area contributed by atoms with Crippen LogP contribution in [0.25, 0.3) is 0 Å². The quantitative estimate of drug-likeness (QED) is 0.744. The molecule has 20 heavy (non-hydrogen) atoms. The van der Waals surface area contributed by atoms with Crippen LogP contribution in [-0.2, 0) is 16.6 Å². The zero-order valence-corrected chi connectivity index (χ0v) is 15.3. The first kappa shape index (κ1) is 16.0. The molecule has 1 aromatic carbocycles. The van der Waals surface area contributed by atoms with E-state index in [0.717, 1.165) is 9.35 Å². The minimum Gasteiger partial charge on any atom is -0.316 e. The lowest BCUT2D eigenvalue weighted by Gasteiger charge is -2.11. The predicted octanol–water partition coefficient (Wildman–Crippen LogP) is 3.79. The lowest BCUT2D eigenvalue weighted by atomic mass is 10.2. The zero-order valence-electron chi connectivity index (χ0n) is 10.5. The van der Waals surface area contributed by atoms with Crippen LogP contribution in [0, 0.1) is 0 Å². The van der Waals surface area contributed by atoms with Crippen LogP contribution >= 0.6 is 43.2 Å². The summed E-state index contributed by atoms with van der Waals surface area (Å²) in [7, 11) is -1.79. The number of thiophene rings is 1. The Morgan fingerprint density at radius 1 is 1.25 bits per heavy atom. The fourth-order valence-corrected chi connectivity index (χ4v) is 6.59. The van der Waals surface area contributed by atoms with Gasteiger partial charge in [-0.15, -0.1) is 11.3 Å². The van der Waals surface area contributed by atoms with Crippen LogP contribution in [0.2, 0.25) is 0 Å². The van der Waals surface area contributed by atoms with Crippen LogP contribution in [0.3, 0.4) is 0 Å². The van der Waals surface area contributed by atoms with Crippen molar-refractivity contribution in [2.24, 2.45) is 0 Å². The van der Waals surface area contributed by atoms with Crippen LogP contribution in [0.15, 0.2) is 42.8 Å². The van der Waals surface area contributed by atoms with Crippen molar-refractivity contribution in [3.05, 3.63) is 43.5 Å². The second-order valence-corrected chi connectivity index (χ2v) is 9.38. The van der Waals surface area contributed by atoms with Crippen molar-refractivity contribution in [2.75, 3.05) is 11.8 Å². The lowest BCUT2D eigenvalue weighted by molar-refractivity contribution is 0.601. The summed E-state index contributed by atoms with van der Waals surface area (Å²) in [6, 6.07) is 8.89. The van der Waals surface area contributed by atoms with Gasteiger partial charge >= 0.3 is 0 Å². The maximum absolute atomic E-state index is 12.4. The molecule has 0 atom stereocenters. The molecule has 108 valence electrons. The molecule has 0 bridgehead atoms.